The number of benzene rings is 2. The zero-order chi connectivity index (χ0) is 20.8. The van der Waals surface area contributed by atoms with Crippen LogP contribution < -0.4 is 4.74 Å². The molecule has 0 aliphatic carbocycles. The van der Waals surface area contributed by atoms with Crippen molar-refractivity contribution in [3.63, 3.8) is 0 Å². The first kappa shape index (κ1) is 20.0. The number of ether oxygens (including phenoxy) is 1. The van der Waals surface area contributed by atoms with Crippen molar-refractivity contribution in [2.75, 3.05) is 19.6 Å². The molecule has 30 heavy (non-hydrogen) atoms. The van der Waals surface area contributed by atoms with Gasteiger partial charge in [-0.3, -0.25) is 9.36 Å². The van der Waals surface area contributed by atoms with Crippen LogP contribution in [0.5, 0.6) is 6.01 Å². The van der Waals surface area contributed by atoms with Crippen molar-refractivity contribution in [3.8, 4) is 6.01 Å². The van der Waals surface area contributed by atoms with Crippen LogP contribution in [0.4, 0.5) is 0 Å². The molecular weight excluding hydrogens is 380 g/mol. The van der Waals surface area contributed by atoms with Crippen molar-refractivity contribution < 1.29 is 9.53 Å². The molecule has 7 heteroatoms. The summed E-state index contributed by atoms with van der Waals surface area (Å²) in [6.45, 7) is 4.47. The first-order valence-electron chi connectivity index (χ1n) is 10.2. The highest BCUT2D eigenvalue weighted by atomic mass is 16.5. The Morgan fingerprint density at radius 1 is 1.10 bits per heavy atom. The van der Waals surface area contributed by atoms with Gasteiger partial charge in [0.25, 0.3) is 6.01 Å². The SMILES string of the molecule is O=NC(=O)/C=C/c1ccc2c(c1)nc(OCc1ccccc1)n2CCN1CCCC1. The lowest BCUT2D eigenvalue weighted by Gasteiger charge is -2.16. The molecule has 0 unspecified atom stereocenters. The van der Waals surface area contributed by atoms with Crippen LogP contribution >= 0.6 is 0 Å². The van der Waals surface area contributed by atoms with Crippen molar-refractivity contribution >= 4 is 23.0 Å². The van der Waals surface area contributed by atoms with E-state index in [4.69, 9.17) is 9.72 Å². The molecule has 1 aliphatic rings. The van der Waals surface area contributed by atoms with Crippen LogP contribution in [-0.2, 0) is 17.9 Å². The van der Waals surface area contributed by atoms with E-state index >= 15 is 0 Å². The monoisotopic (exact) mass is 404 g/mol. The van der Waals surface area contributed by atoms with Crippen LogP contribution in [0.15, 0.2) is 59.8 Å². The first-order chi connectivity index (χ1) is 14.7. The molecule has 7 nitrogen and oxygen atoms in total. The summed E-state index contributed by atoms with van der Waals surface area (Å²) in [5.41, 5.74) is 3.62. The molecule has 1 amide bonds. The molecule has 0 bridgehead atoms. The molecule has 0 N–H and O–H groups in total. The maximum Gasteiger partial charge on any atom is 0.309 e. The number of nitroso groups, excluding NO2 is 1. The van der Waals surface area contributed by atoms with Crippen LogP contribution in [-0.4, -0.2) is 40.0 Å². The molecule has 1 fully saturated rings. The number of rotatable bonds is 8. The lowest BCUT2D eigenvalue weighted by atomic mass is 10.2. The van der Waals surface area contributed by atoms with Crippen molar-refractivity contribution in [3.05, 3.63) is 70.6 Å². The van der Waals surface area contributed by atoms with Crippen LogP contribution in [0.3, 0.4) is 0 Å². The van der Waals surface area contributed by atoms with Crippen molar-refractivity contribution in [2.24, 2.45) is 5.18 Å². The van der Waals surface area contributed by atoms with E-state index in [9.17, 15) is 9.70 Å². The molecule has 0 spiro atoms. The largest absolute Gasteiger partial charge is 0.460 e. The molecule has 4 rings (SSSR count). The van der Waals surface area contributed by atoms with E-state index in [1.165, 1.54) is 12.8 Å². The van der Waals surface area contributed by atoms with Gasteiger partial charge in [-0.15, -0.1) is 4.91 Å². The van der Waals surface area contributed by atoms with Crippen molar-refractivity contribution in [1.29, 1.82) is 0 Å². The van der Waals surface area contributed by atoms with E-state index in [2.05, 4.69) is 14.6 Å². The summed E-state index contributed by atoms with van der Waals surface area (Å²) < 4.78 is 8.20. The highest BCUT2D eigenvalue weighted by Gasteiger charge is 2.16. The second-order valence-corrected chi connectivity index (χ2v) is 7.38. The van der Waals surface area contributed by atoms with E-state index in [0.29, 0.717) is 12.6 Å². The number of hydrogen-bond donors (Lipinski definition) is 0. The number of carbonyl (C=O) groups is 1. The number of nitrogens with zero attached hydrogens (tertiary/aromatic N) is 4. The second kappa shape index (κ2) is 9.45. The Labute approximate surface area is 174 Å². The Bertz CT molecular complexity index is 1050. The number of aromatic nitrogens is 2. The van der Waals surface area contributed by atoms with E-state index in [-0.39, 0.29) is 0 Å². The fourth-order valence-corrected chi connectivity index (χ4v) is 3.72. The van der Waals surface area contributed by atoms with Crippen LogP contribution in [0.2, 0.25) is 0 Å². The highest BCUT2D eigenvalue weighted by molar-refractivity contribution is 5.92. The third kappa shape index (κ3) is 4.80. The third-order valence-corrected chi connectivity index (χ3v) is 5.29. The predicted molar refractivity (Wildman–Crippen MR) is 116 cm³/mol. The van der Waals surface area contributed by atoms with Gasteiger partial charge >= 0.3 is 5.91 Å². The fourth-order valence-electron chi connectivity index (χ4n) is 3.72. The number of likely N-dealkylation sites (tertiary alicyclic amines) is 1. The van der Waals surface area contributed by atoms with E-state index in [0.717, 1.165) is 54.4 Å². The van der Waals surface area contributed by atoms with Gasteiger partial charge < -0.3 is 9.64 Å². The van der Waals surface area contributed by atoms with Gasteiger partial charge in [0.05, 0.1) is 11.0 Å². The highest BCUT2D eigenvalue weighted by Crippen LogP contribution is 2.24. The number of carbonyl (C=O) groups excluding carboxylic acids is 1. The Morgan fingerprint density at radius 3 is 2.67 bits per heavy atom. The lowest BCUT2D eigenvalue weighted by Crippen LogP contribution is -2.24. The zero-order valence-corrected chi connectivity index (χ0v) is 16.7. The average molecular weight is 404 g/mol. The van der Waals surface area contributed by atoms with Gasteiger partial charge in [-0.25, -0.2) is 0 Å². The Kier molecular flexibility index (Phi) is 6.29. The van der Waals surface area contributed by atoms with Crippen molar-refractivity contribution in [1.82, 2.24) is 14.5 Å². The van der Waals surface area contributed by atoms with Gasteiger partial charge in [0, 0.05) is 24.3 Å². The third-order valence-electron chi connectivity index (χ3n) is 5.29. The maximum atomic E-state index is 11.1. The molecule has 0 radical (unpaired) electrons. The average Bonchev–Trinajstić information content (AvgIpc) is 3.42. The van der Waals surface area contributed by atoms with Gasteiger partial charge in [-0.05, 0) is 55.3 Å². The minimum atomic E-state index is -0.807. The van der Waals surface area contributed by atoms with Crippen LogP contribution in [0.1, 0.15) is 24.0 Å². The topological polar surface area (TPSA) is 76.8 Å². The summed E-state index contributed by atoms with van der Waals surface area (Å²) in [7, 11) is 0. The standard InChI is InChI=1S/C23H24N4O3/c28-22(25-29)11-9-18-8-10-21-20(16-18)24-23(30-17-19-6-2-1-3-7-19)27(21)15-14-26-12-4-5-13-26/h1-3,6-11,16H,4-5,12-15,17H2/b11-9+. The molecule has 154 valence electrons. The number of fused-ring (bicyclic) bond motifs is 1. The molecule has 3 aromatic rings. The molecule has 1 aromatic heterocycles. The molecule has 1 aliphatic heterocycles. The second-order valence-electron chi connectivity index (χ2n) is 7.38. The lowest BCUT2D eigenvalue weighted by molar-refractivity contribution is -0.113. The minimum absolute atomic E-state index is 0.445. The summed E-state index contributed by atoms with van der Waals surface area (Å²) in [6, 6.07) is 16.3. The molecule has 0 saturated carbocycles. The summed E-state index contributed by atoms with van der Waals surface area (Å²) in [4.78, 5) is 28.6. The van der Waals surface area contributed by atoms with Crippen LogP contribution in [0, 0.1) is 4.91 Å². The van der Waals surface area contributed by atoms with E-state index in [1.807, 2.05) is 48.5 Å². The van der Waals surface area contributed by atoms with Gasteiger partial charge in [0.2, 0.25) is 0 Å². The molecule has 2 heterocycles. The van der Waals surface area contributed by atoms with Gasteiger partial charge in [0.15, 0.2) is 0 Å². The Balaban J connectivity index is 1.60. The van der Waals surface area contributed by atoms with Gasteiger partial charge in [-0.2, -0.15) is 4.98 Å². The predicted octanol–water partition coefficient (Wildman–Crippen LogP) is 4.02. The first-order valence-corrected chi connectivity index (χ1v) is 10.2. The van der Waals surface area contributed by atoms with Crippen molar-refractivity contribution in [2.45, 2.75) is 26.0 Å². The Hall–Kier alpha value is -3.32. The number of amides is 1. The molecule has 0 atom stereocenters. The van der Waals surface area contributed by atoms with Crippen LogP contribution in [0.25, 0.3) is 17.1 Å². The Morgan fingerprint density at radius 2 is 1.90 bits per heavy atom. The molecule has 1 saturated heterocycles. The smallest absolute Gasteiger partial charge is 0.309 e. The fraction of sp³-hybridized carbons (Fsp3) is 0.304. The molecule has 2 aromatic carbocycles. The summed E-state index contributed by atoms with van der Waals surface area (Å²) in [6.07, 6.45) is 5.24. The van der Waals surface area contributed by atoms with Gasteiger partial charge in [0.1, 0.15) is 6.61 Å². The number of hydrogen-bond acceptors (Lipinski definition) is 5. The van der Waals surface area contributed by atoms with E-state index in [1.54, 1.807) is 6.08 Å². The molecular formula is C23H24N4O3. The van der Waals surface area contributed by atoms with Gasteiger partial charge in [-0.1, -0.05) is 36.4 Å². The minimum Gasteiger partial charge on any atom is -0.460 e. The summed E-state index contributed by atoms with van der Waals surface area (Å²) in [5.74, 6) is -0.807. The summed E-state index contributed by atoms with van der Waals surface area (Å²) in [5, 5.41) is 2.38. The quantitative estimate of drug-likeness (QED) is 0.419. The number of imidazole rings is 1. The maximum absolute atomic E-state index is 11.1. The zero-order valence-electron chi connectivity index (χ0n) is 16.7. The summed E-state index contributed by atoms with van der Waals surface area (Å²) >= 11 is 0. The van der Waals surface area contributed by atoms with E-state index < -0.39 is 5.91 Å². The normalized spacial score (nSPS) is 14.5.